The number of ether oxygens (including phenoxy) is 1. The van der Waals surface area contributed by atoms with E-state index < -0.39 is 5.97 Å². The predicted octanol–water partition coefficient (Wildman–Crippen LogP) is 4.80. The van der Waals surface area contributed by atoms with Gasteiger partial charge >= 0.3 is 5.97 Å². The van der Waals surface area contributed by atoms with Crippen molar-refractivity contribution in [2.24, 2.45) is 0 Å². The largest absolute Gasteiger partial charge is 0.456 e. The van der Waals surface area contributed by atoms with E-state index in [2.05, 4.69) is 10.3 Å². The van der Waals surface area contributed by atoms with Gasteiger partial charge in [-0.25, -0.2) is 4.98 Å². The Hall–Kier alpha value is -3.25. The highest BCUT2D eigenvalue weighted by Gasteiger charge is 2.14. The molecule has 1 heterocycles. The third-order valence-corrected chi connectivity index (χ3v) is 6.01. The maximum absolute atomic E-state index is 12.3. The lowest BCUT2D eigenvalue weighted by molar-refractivity contribution is -0.148. The molecule has 0 radical (unpaired) electrons. The smallest absolute Gasteiger partial charge is 0.306 e. The Morgan fingerprint density at radius 2 is 1.80 bits per heavy atom. The number of carbonyl (C=O) groups is 2. The summed E-state index contributed by atoms with van der Waals surface area (Å²) in [6.45, 7) is 1.64. The fourth-order valence-corrected chi connectivity index (χ4v) is 4.41. The molecule has 4 aromatic rings. The van der Waals surface area contributed by atoms with E-state index in [0.29, 0.717) is 6.42 Å². The molecule has 0 unspecified atom stereocenters. The number of para-hydroxylation sites is 1. The number of thiazole rings is 1. The van der Waals surface area contributed by atoms with Crippen molar-refractivity contribution in [2.75, 3.05) is 6.61 Å². The van der Waals surface area contributed by atoms with Crippen LogP contribution in [-0.4, -0.2) is 23.5 Å². The molecule has 0 fully saturated rings. The van der Waals surface area contributed by atoms with Crippen molar-refractivity contribution < 1.29 is 14.3 Å². The number of hydrogen-bond donors (Lipinski definition) is 1. The van der Waals surface area contributed by atoms with Gasteiger partial charge in [-0.15, -0.1) is 11.3 Å². The molecule has 0 aliphatic heterocycles. The number of nitrogens with zero attached hydrogens (tertiary/aromatic N) is 1. The van der Waals surface area contributed by atoms with Crippen LogP contribution in [0.15, 0.2) is 66.7 Å². The van der Waals surface area contributed by atoms with Crippen LogP contribution >= 0.6 is 11.3 Å². The van der Waals surface area contributed by atoms with E-state index in [1.165, 1.54) is 0 Å². The molecular weight excluding hydrogens is 396 g/mol. The number of amides is 1. The van der Waals surface area contributed by atoms with Crippen molar-refractivity contribution in [3.63, 3.8) is 0 Å². The number of benzene rings is 3. The summed E-state index contributed by atoms with van der Waals surface area (Å²) in [7, 11) is 0. The van der Waals surface area contributed by atoms with Crippen molar-refractivity contribution in [3.8, 4) is 0 Å². The molecule has 6 heteroatoms. The van der Waals surface area contributed by atoms with Crippen LogP contribution in [0, 0.1) is 0 Å². The third-order valence-electron chi connectivity index (χ3n) is 4.91. The lowest BCUT2D eigenvalue weighted by atomic mass is 10.00. The van der Waals surface area contributed by atoms with Gasteiger partial charge < -0.3 is 10.1 Å². The Balaban J connectivity index is 1.27. The molecule has 0 aliphatic carbocycles. The van der Waals surface area contributed by atoms with Crippen LogP contribution < -0.4 is 5.32 Å². The predicted molar refractivity (Wildman–Crippen MR) is 119 cm³/mol. The summed E-state index contributed by atoms with van der Waals surface area (Å²) in [5.74, 6) is -0.717. The summed E-state index contributed by atoms with van der Waals surface area (Å²) in [5.41, 5.74) is 1.97. The molecule has 1 aromatic heterocycles. The van der Waals surface area contributed by atoms with Crippen LogP contribution in [0.2, 0.25) is 0 Å². The Bertz CT molecular complexity index is 1160. The Morgan fingerprint density at radius 3 is 2.67 bits per heavy atom. The van der Waals surface area contributed by atoms with Gasteiger partial charge in [0, 0.05) is 6.42 Å². The van der Waals surface area contributed by atoms with Crippen LogP contribution in [-0.2, 0) is 20.7 Å². The third kappa shape index (κ3) is 4.66. The number of fused-ring (bicyclic) bond motifs is 2. The van der Waals surface area contributed by atoms with Crippen molar-refractivity contribution in [1.29, 1.82) is 0 Å². The molecule has 0 saturated heterocycles. The molecule has 0 saturated carbocycles. The molecule has 1 atom stereocenters. The van der Waals surface area contributed by atoms with Gasteiger partial charge in [0.05, 0.1) is 27.7 Å². The number of hydrogen-bond acceptors (Lipinski definition) is 5. The van der Waals surface area contributed by atoms with Crippen molar-refractivity contribution in [3.05, 3.63) is 77.3 Å². The van der Waals surface area contributed by atoms with Crippen molar-refractivity contribution in [2.45, 2.75) is 25.8 Å². The Kier molecular flexibility index (Phi) is 6.05. The van der Waals surface area contributed by atoms with Crippen LogP contribution in [0.25, 0.3) is 21.0 Å². The zero-order valence-corrected chi connectivity index (χ0v) is 17.4. The minimum Gasteiger partial charge on any atom is -0.456 e. The van der Waals surface area contributed by atoms with Gasteiger partial charge in [-0.05, 0) is 35.4 Å². The first-order valence-corrected chi connectivity index (χ1v) is 10.7. The first-order valence-electron chi connectivity index (χ1n) is 9.87. The van der Waals surface area contributed by atoms with Crippen LogP contribution in [0.5, 0.6) is 0 Å². The van der Waals surface area contributed by atoms with E-state index in [1.807, 2.05) is 73.7 Å². The summed E-state index contributed by atoms with van der Waals surface area (Å²) in [4.78, 5) is 28.8. The summed E-state index contributed by atoms with van der Waals surface area (Å²) < 4.78 is 6.25. The fourth-order valence-electron chi connectivity index (χ4n) is 3.44. The fraction of sp³-hybridized carbons (Fsp3) is 0.208. The molecule has 30 heavy (non-hydrogen) atoms. The zero-order valence-electron chi connectivity index (χ0n) is 16.6. The van der Waals surface area contributed by atoms with E-state index in [0.717, 1.165) is 31.6 Å². The van der Waals surface area contributed by atoms with E-state index in [4.69, 9.17) is 4.74 Å². The number of carbonyl (C=O) groups excluding carboxylic acids is 2. The molecule has 3 aromatic carbocycles. The molecule has 0 spiro atoms. The van der Waals surface area contributed by atoms with Gasteiger partial charge in [-0.1, -0.05) is 54.6 Å². The number of aryl methyl sites for hydroxylation is 1. The van der Waals surface area contributed by atoms with Gasteiger partial charge in [0.15, 0.2) is 6.61 Å². The minimum atomic E-state index is -0.401. The quantitative estimate of drug-likeness (QED) is 0.438. The minimum absolute atomic E-state index is 0.190. The van der Waals surface area contributed by atoms with Gasteiger partial charge in [0.25, 0.3) is 5.91 Å². The summed E-state index contributed by atoms with van der Waals surface area (Å²) in [6, 6.07) is 21.7. The van der Waals surface area contributed by atoms with Gasteiger partial charge in [-0.3, -0.25) is 9.59 Å². The van der Waals surface area contributed by atoms with Crippen LogP contribution in [0.4, 0.5) is 0 Å². The molecule has 1 amide bonds. The van der Waals surface area contributed by atoms with Gasteiger partial charge in [0.1, 0.15) is 0 Å². The molecular formula is C24H22N2O3S. The SMILES string of the molecule is C[C@@H](NC(=O)COC(=O)CCc1nc2ccccc2s1)c1cccc2ccccc12. The standard InChI is InChI=1S/C24H22N2O3S/c1-16(18-10-6-8-17-7-2-3-9-19(17)18)25-22(27)15-29-24(28)14-13-23-26-20-11-4-5-12-21(20)30-23/h2-12,16H,13-15H2,1H3,(H,25,27)/t16-/m1/s1. The average molecular weight is 419 g/mol. The second-order valence-corrected chi connectivity index (χ2v) is 8.21. The molecule has 1 N–H and O–H groups in total. The van der Waals surface area contributed by atoms with Gasteiger partial charge in [0.2, 0.25) is 0 Å². The van der Waals surface area contributed by atoms with E-state index in [1.54, 1.807) is 11.3 Å². The molecule has 5 nitrogen and oxygen atoms in total. The van der Waals surface area contributed by atoms with E-state index in [-0.39, 0.29) is 25.0 Å². The van der Waals surface area contributed by atoms with Crippen LogP contribution in [0.3, 0.4) is 0 Å². The van der Waals surface area contributed by atoms with Crippen molar-refractivity contribution in [1.82, 2.24) is 10.3 Å². The Morgan fingerprint density at radius 1 is 1.03 bits per heavy atom. The highest BCUT2D eigenvalue weighted by Crippen LogP contribution is 2.24. The molecule has 4 rings (SSSR count). The average Bonchev–Trinajstić information content (AvgIpc) is 3.19. The number of aromatic nitrogens is 1. The van der Waals surface area contributed by atoms with Gasteiger partial charge in [-0.2, -0.15) is 0 Å². The topological polar surface area (TPSA) is 68.3 Å². The first-order chi connectivity index (χ1) is 14.6. The lowest BCUT2D eigenvalue weighted by Gasteiger charge is -2.16. The lowest BCUT2D eigenvalue weighted by Crippen LogP contribution is -2.31. The van der Waals surface area contributed by atoms with E-state index in [9.17, 15) is 9.59 Å². The molecule has 0 bridgehead atoms. The molecule has 152 valence electrons. The number of rotatable bonds is 7. The maximum Gasteiger partial charge on any atom is 0.306 e. The van der Waals surface area contributed by atoms with Crippen LogP contribution in [0.1, 0.15) is 30.0 Å². The normalized spacial score (nSPS) is 12.0. The zero-order chi connectivity index (χ0) is 20.9. The number of nitrogens with one attached hydrogen (secondary N) is 1. The first kappa shape index (κ1) is 20.0. The highest BCUT2D eigenvalue weighted by molar-refractivity contribution is 7.18. The second kappa shape index (κ2) is 9.05. The summed E-state index contributed by atoms with van der Waals surface area (Å²) >= 11 is 1.57. The monoisotopic (exact) mass is 418 g/mol. The Labute approximate surface area is 178 Å². The molecule has 0 aliphatic rings. The summed E-state index contributed by atoms with van der Waals surface area (Å²) in [6.07, 6.45) is 0.707. The van der Waals surface area contributed by atoms with E-state index >= 15 is 0 Å². The second-order valence-electron chi connectivity index (χ2n) is 7.09. The van der Waals surface area contributed by atoms with Crippen molar-refractivity contribution >= 4 is 44.2 Å². The highest BCUT2D eigenvalue weighted by atomic mass is 32.1. The maximum atomic E-state index is 12.3. The number of esters is 1. The summed E-state index contributed by atoms with van der Waals surface area (Å²) in [5, 5.41) is 6.02.